The molecule has 1 aliphatic rings. The highest BCUT2D eigenvalue weighted by Crippen LogP contribution is 2.27. The Hall–Kier alpha value is -1.07. The van der Waals surface area contributed by atoms with E-state index >= 15 is 0 Å². The highest BCUT2D eigenvalue weighted by Gasteiger charge is 2.30. The number of aliphatic hydroxyl groups excluding tert-OH is 1. The molecule has 0 heterocycles. The summed E-state index contributed by atoms with van der Waals surface area (Å²) < 4.78 is 10.6. The average molecular weight is 229 g/mol. The summed E-state index contributed by atoms with van der Waals surface area (Å²) in [6, 6.07) is 0. The van der Waals surface area contributed by atoms with Gasteiger partial charge in [0.1, 0.15) is 6.10 Å². The summed E-state index contributed by atoms with van der Waals surface area (Å²) >= 11 is 0. The topological polar surface area (TPSA) is 67.8 Å². The van der Waals surface area contributed by atoms with Gasteiger partial charge in [0.25, 0.3) is 0 Å². The van der Waals surface area contributed by atoms with E-state index in [4.69, 9.17) is 14.6 Å². The summed E-state index contributed by atoms with van der Waals surface area (Å²) in [7, 11) is 1.52. The molecular weight excluding hydrogens is 210 g/mol. The van der Waals surface area contributed by atoms with Crippen LogP contribution in [-0.4, -0.2) is 43.7 Å². The van der Waals surface area contributed by atoms with Gasteiger partial charge in [-0.3, -0.25) is 0 Å². The molecule has 1 amide bonds. The summed E-state index contributed by atoms with van der Waals surface area (Å²) in [4.78, 5) is 11.1. The lowest BCUT2D eigenvalue weighted by Crippen LogP contribution is -2.39. The first-order valence-corrected chi connectivity index (χ1v) is 5.45. The Morgan fingerprint density at radius 3 is 3.00 bits per heavy atom. The first kappa shape index (κ1) is 13.0. The summed E-state index contributed by atoms with van der Waals surface area (Å²) in [6.45, 7) is 4.14. The summed E-state index contributed by atoms with van der Waals surface area (Å²) in [6.07, 6.45) is 1.38. The van der Waals surface area contributed by atoms with Gasteiger partial charge in [-0.25, -0.2) is 4.79 Å². The van der Waals surface area contributed by atoms with Crippen LogP contribution in [0.1, 0.15) is 19.3 Å². The van der Waals surface area contributed by atoms with Crippen molar-refractivity contribution in [2.75, 3.05) is 20.3 Å². The number of carbonyl (C=O) groups excluding carboxylic acids is 1. The van der Waals surface area contributed by atoms with E-state index in [0.717, 1.165) is 18.4 Å². The molecule has 0 aromatic rings. The van der Waals surface area contributed by atoms with Crippen molar-refractivity contribution in [3.8, 4) is 0 Å². The van der Waals surface area contributed by atoms with Gasteiger partial charge in [0.15, 0.2) is 0 Å². The highest BCUT2D eigenvalue weighted by molar-refractivity contribution is 5.67. The van der Waals surface area contributed by atoms with Gasteiger partial charge in [0, 0.05) is 13.5 Å². The summed E-state index contributed by atoms with van der Waals surface area (Å²) in [5.41, 5.74) is 1.07. The first-order valence-electron chi connectivity index (χ1n) is 5.45. The number of aliphatic hydroxyl groups is 1. The van der Waals surface area contributed by atoms with Gasteiger partial charge in [0.2, 0.25) is 0 Å². The molecule has 0 saturated heterocycles. The largest absolute Gasteiger partial charge is 0.443 e. The number of amides is 1. The molecule has 2 N–H and O–H groups in total. The van der Waals surface area contributed by atoms with E-state index < -0.39 is 6.09 Å². The number of ether oxygens (including phenoxy) is 2. The number of hydrogen-bond donors (Lipinski definition) is 2. The Kier molecular flexibility index (Phi) is 5.28. The third kappa shape index (κ3) is 3.83. The van der Waals surface area contributed by atoms with Crippen LogP contribution in [0, 0.1) is 0 Å². The van der Waals surface area contributed by atoms with Crippen LogP contribution < -0.4 is 5.32 Å². The molecule has 1 aliphatic carbocycles. The maximum atomic E-state index is 11.1. The van der Waals surface area contributed by atoms with Gasteiger partial charge in [-0.2, -0.15) is 0 Å². The van der Waals surface area contributed by atoms with Gasteiger partial charge in [-0.15, -0.1) is 0 Å². The Morgan fingerprint density at radius 1 is 1.62 bits per heavy atom. The number of nitrogens with one attached hydrogen (secondary N) is 1. The molecule has 16 heavy (non-hydrogen) atoms. The lowest BCUT2D eigenvalue weighted by Gasteiger charge is -2.31. The molecule has 2 atom stereocenters. The number of rotatable bonds is 4. The molecule has 0 aromatic carbocycles. The Bertz CT molecular complexity index is 254. The fourth-order valence-electron chi connectivity index (χ4n) is 1.76. The van der Waals surface area contributed by atoms with Crippen molar-refractivity contribution >= 4 is 6.09 Å². The van der Waals surface area contributed by atoms with Gasteiger partial charge in [-0.1, -0.05) is 12.2 Å². The molecule has 0 aliphatic heterocycles. The average Bonchev–Trinajstić information content (AvgIpc) is 2.28. The van der Waals surface area contributed by atoms with E-state index in [2.05, 4.69) is 11.9 Å². The zero-order chi connectivity index (χ0) is 12.0. The van der Waals surface area contributed by atoms with Crippen LogP contribution in [0.15, 0.2) is 12.2 Å². The lowest BCUT2D eigenvalue weighted by molar-refractivity contribution is -0.0628. The van der Waals surface area contributed by atoms with Crippen LogP contribution in [0.5, 0.6) is 0 Å². The van der Waals surface area contributed by atoms with Crippen LogP contribution in [0.3, 0.4) is 0 Å². The standard InChI is InChI=1S/C11H19NO4/c1-8-3-4-9(15-6-5-13)10(7-8)16-11(14)12-2/h9-10,13H,1,3-7H2,2H3,(H,12,14). The lowest BCUT2D eigenvalue weighted by atomic mass is 9.91. The smallest absolute Gasteiger partial charge is 0.407 e. The molecule has 1 saturated carbocycles. The van der Waals surface area contributed by atoms with Crippen LogP contribution in [0.25, 0.3) is 0 Å². The first-order chi connectivity index (χ1) is 7.67. The molecule has 0 radical (unpaired) electrons. The maximum Gasteiger partial charge on any atom is 0.407 e. The van der Waals surface area contributed by atoms with Crippen molar-refractivity contribution < 1.29 is 19.4 Å². The molecule has 5 nitrogen and oxygen atoms in total. The second-order valence-electron chi connectivity index (χ2n) is 3.82. The van der Waals surface area contributed by atoms with Gasteiger partial charge < -0.3 is 19.9 Å². The number of hydrogen-bond acceptors (Lipinski definition) is 4. The van der Waals surface area contributed by atoms with Crippen molar-refractivity contribution in [1.82, 2.24) is 5.32 Å². The molecule has 92 valence electrons. The van der Waals surface area contributed by atoms with E-state index in [1.54, 1.807) is 0 Å². The van der Waals surface area contributed by atoms with Crippen LogP contribution in [0.2, 0.25) is 0 Å². The molecule has 1 fully saturated rings. The fourth-order valence-corrected chi connectivity index (χ4v) is 1.76. The summed E-state index contributed by atoms with van der Waals surface area (Å²) in [5.74, 6) is 0. The minimum absolute atomic E-state index is 0.0237. The van der Waals surface area contributed by atoms with Crippen LogP contribution in [0.4, 0.5) is 4.79 Å². The number of carbonyl (C=O) groups is 1. The summed E-state index contributed by atoms with van der Waals surface area (Å²) in [5, 5.41) is 11.1. The van der Waals surface area contributed by atoms with E-state index in [1.165, 1.54) is 7.05 Å². The Morgan fingerprint density at radius 2 is 2.38 bits per heavy atom. The van der Waals surface area contributed by atoms with Gasteiger partial charge in [0.05, 0.1) is 19.3 Å². The predicted molar refractivity (Wildman–Crippen MR) is 59.1 cm³/mol. The Balaban J connectivity index is 2.50. The predicted octanol–water partition coefficient (Wildman–Crippen LogP) is 0.829. The van der Waals surface area contributed by atoms with Gasteiger partial charge >= 0.3 is 6.09 Å². The second kappa shape index (κ2) is 6.50. The molecule has 1 rings (SSSR count). The molecule has 2 unspecified atom stereocenters. The van der Waals surface area contributed by atoms with Crippen molar-refractivity contribution in [1.29, 1.82) is 0 Å². The third-order valence-electron chi connectivity index (χ3n) is 2.57. The molecule has 0 bridgehead atoms. The van der Waals surface area contributed by atoms with Crippen LogP contribution >= 0.6 is 0 Å². The van der Waals surface area contributed by atoms with Crippen LogP contribution in [-0.2, 0) is 9.47 Å². The SMILES string of the molecule is C=C1CCC(OCCO)C(OC(=O)NC)C1. The fraction of sp³-hybridized carbons (Fsp3) is 0.727. The van der Waals surface area contributed by atoms with Crippen molar-refractivity contribution in [3.05, 3.63) is 12.2 Å². The van der Waals surface area contributed by atoms with E-state index in [-0.39, 0.29) is 25.4 Å². The Labute approximate surface area is 95.4 Å². The zero-order valence-electron chi connectivity index (χ0n) is 9.57. The monoisotopic (exact) mass is 229 g/mol. The van der Waals surface area contributed by atoms with Crippen molar-refractivity contribution in [2.24, 2.45) is 0 Å². The van der Waals surface area contributed by atoms with Crippen molar-refractivity contribution in [3.63, 3.8) is 0 Å². The van der Waals surface area contributed by atoms with E-state index in [0.29, 0.717) is 6.42 Å². The van der Waals surface area contributed by atoms with E-state index in [9.17, 15) is 4.79 Å². The quantitative estimate of drug-likeness (QED) is 0.701. The maximum absolute atomic E-state index is 11.1. The zero-order valence-corrected chi connectivity index (χ0v) is 9.57. The van der Waals surface area contributed by atoms with Crippen molar-refractivity contribution in [2.45, 2.75) is 31.5 Å². The minimum atomic E-state index is -0.461. The minimum Gasteiger partial charge on any atom is -0.443 e. The normalized spacial score (nSPS) is 25.2. The number of alkyl carbamates (subject to hydrolysis) is 1. The molecule has 5 heteroatoms. The highest BCUT2D eigenvalue weighted by atomic mass is 16.6. The second-order valence-corrected chi connectivity index (χ2v) is 3.82. The van der Waals surface area contributed by atoms with Gasteiger partial charge in [-0.05, 0) is 12.8 Å². The molecule has 0 aromatic heterocycles. The third-order valence-corrected chi connectivity index (χ3v) is 2.57. The molecular formula is C11H19NO4. The molecule has 0 spiro atoms. The van der Waals surface area contributed by atoms with E-state index in [1.807, 2.05) is 0 Å².